The highest BCUT2D eigenvalue weighted by atomic mass is 32.2. The largest absolute Gasteiger partial charge is 0.466 e. The van der Waals surface area contributed by atoms with Gasteiger partial charge in [0, 0.05) is 19.5 Å². The summed E-state index contributed by atoms with van der Waals surface area (Å²) in [5, 5.41) is 0. The number of nitrogens with one attached hydrogen (secondary N) is 1. The lowest BCUT2D eigenvalue weighted by Gasteiger charge is -2.29. The monoisotopic (exact) mass is 306 g/mol. The van der Waals surface area contributed by atoms with Gasteiger partial charge in [0.05, 0.1) is 12.4 Å². The van der Waals surface area contributed by atoms with Gasteiger partial charge in [0.1, 0.15) is 0 Å². The molecule has 0 radical (unpaired) electrons. The third-order valence-corrected chi connectivity index (χ3v) is 4.85. The van der Waals surface area contributed by atoms with Crippen molar-refractivity contribution in [2.45, 2.75) is 32.6 Å². The van der Waals surface area contributed by atoms with E-state index in [1.165, 1.54) is 0 Å². The van der Waals surface area contributed by atoms with Crippen LogP contribution in [0.5, 0.6) is 0 Å². The second-order valence-corrected chi connectivity index (χ2v) is 7.27. The van der Waals surface area contributed by atoms with Gasteiger partial charge in [-0.15, -0.1) is 0 Å². The van der Waals surface area contributed by atoms with Gasteiger partial charge in [0.15, 0.2) is 0 Å². The molecule has 1 rings (SSSR count). The quantitative estimate of drug-likeness (QED) is 0.664. The maximum absolute atomic E-state index is 11.8. The fourth-order valence-corrected chi connectivity index (χ4v) is 3.55. The molecule has 0 aliphatic carbocycles. The smallest absolute Gasteiger partial charge is 0.305 e. The summed E-state index contributed by atoms with van der Waals surface area (Å²) in [7, 11) is -1.23. The zero-order chi connectivity index (χ0) is 15.0. The van der Waals surface area contributed by atoms with Crippen LogP contribution in [0.1, 0.15) is 32.6 Å². The summed E-state index contributed by atoms with van der Waals surface area (Å²) in [4.78, 5) is 13.4. The normalized spacial score (nSPS) is 20.8. The van der Waals surface area contributed by atoms with Crippen LogP contribution in [0.15, 0.2) is 0 Å². The van der Waals surface area contributed by atoms with Crippen molar-refractivity contribution in [1.82, 2.24) is 9.62 Å². The highest BCUT2D eigenvalue weighted by molar-refractivity contribution is 7.89. The summed E-state index contributed by atoms with van der Waals surface area (Å²) in [6.07, 6.45) is 2.64. The number of ether oxygens (including phenoxy) is 1. The Balaban J connectivity index is 2.22. The number of rotatable bonds is 8. The molecule has 0 bridgehead atoms. The molecule has 0 amide bonds. The number of hydrogen-bond acceptors (Lipinski definition) is 5. The van der Waals surface area contributed by atoms with Crippen molar-refractivity contribution >= 4 is 16.0 Å². The van der Waals surface area contributed by atoms with E-state index >= 15 is 0 Å². The topological polar surface area (TPSA) is 75.7 Å². The molecule has 1 unspecified atom stereocenters. The van der Waals surface area contributed by atoms with E-state index in [-0.39, 0.29) is 18.1 Å². The van der Waals surface area contributed by atoms with Gasteiger partial charge in [0.2, 0.25) is 10.0 Å². The minimum atomic E-state index is -3.29. The van der Waals surface area contributed by atoms with Crippen molar-refractivity contribution < 1.29 is 17.9 Å². The molecule has 7 heteroatoms. The first-order valence-corrected chi connectivity index (χ1v) is 8.89. The molecule has 1 heterocycles. The molecule has 1 atom stereocenters. The molecule has 0 saturated carbocycles. The van der Waals surface area contributed by atoms with E-state index in [1.54, 1.807) is 6.92 Å². The third kappa shape index (κ3) is 7.21. The molecule has 0 spiro atoms. The molecule has 118 valence electrons. The predicted octanol–water partition coefficient (Wildman–Crippen LogP) is 0.591. The summed E-state index contributed by atoms with van der Waals surface area (Å²) in [6.45, 7) is 4.58. The summed E-state index contributed by atoms with van der Waals surface area (Å²) < 4.78 is 31.0. The lowest BCUT2D eigenvalue weighted by Crippen LogP contribution is -2.39. The minimum absolute atomic E-state index is 0.0195. The zero-order valence-corrected chi connectivity index (χ0v) is 13.2. The zero-order valence-electron chi connectivity index (χ0n) is 12.4. The fourth-order valence-electron chi connectivity index (χ4n) is 2.40. The van der Waals surface area contributed by atoms with Crippen LogP contribution in [-0.2, 0) is 19.6 Å². The lowest BCUT2D eigenvalue weighted by atomic mass is 9.99. The molecular weight excluding hydrogens is 280 g/mol. The Bertz CT molecular complexity index is 397. The summed E-state index contributed by atoms with van der Waals surface area (Å²) >= 11 is 0. The van der Waals surface area contributed by atoms with Crippen molar-refractivity contribution in [1.29, 1.82) is 0 Å². The van der Waals surface area contributed by atoms with E-state index in [4.69, 9.17) is 4.74 Å². The van der Waals surface area contributed by atoms with Gasteiger partial charge in [0.25, 0.3) is 0 Å². The Morgan fingerprint density at radius 1 is 1.45 bits per heavy atom. The van der Waals surface area contributed by atoms with Crippen molar-refractivity contribution in [3.05, 3.63) is 0 Å². The average molecular weight is 306 g/mol. The molecule has 1 fully saturated rings. The number of hydrogen-bond donors (Lipinski definition) is 1. The number of piperidine rings is 1. The second-order valence-electron chi connectivity index (χ2n) is 5.35. The maximum atomic E-state index is 11.8. The third-order valence-electron chi connectivity index (χ3n) is 3.41. The van der Waals surface area contributed by atoms with Crippen LogP contribution in [0.3, 0.4) is 0 Å². The number of sulfonamides is 1. The van der Waals surface area contributed by atoms with Gasteiger partial charge < -0.3 is 9.64 Å². The summed E-state index contributed by atoms with van der Waals surface area (Å²) in [5.41, 5.74) is 0. The van der Waals surface area contributed by atoms with Crippen molar-refractivity contribution in [2.24, 2.45) is 5.92 Å². The van der Waals surface area contributed by atoms with Crippen molar-refractivity contribution in [3.63, 3.8) is 0 Å². The summed E-state index contributed by atoms with van der Waals surface area (Å²) in [5.74, 6) is 0.0270. The molecule has 0 aromatic carbocycles. The Kier molecular flexibility index (Phi) is 7.47. The standard InChI is InChI=1S/C13H26N2O4S/c1-3-19-13(16)7-5-9-20(17,18)14-10-12-6-4-8-15(2)11-12/h12,14H,3-11H2,1-2H3. The molecule has 1 aliphatic rings. The van der Waals surface area contributed by atoms with E-state index in [1.807, 2.05) is 0 Å². The maximum Gasteiger partial charge on any atom is 0.305 e. The average Bonchev–Trinajstić information content (AvgIpc) is 2.37. The highest BCUT2D eigenvalue weighted by Gasteiger charge is 2.19. The van der Waals surface area contributed by atoms with Gasteiger partial charge in [-0.25, -0.2) is 13.1 Å². The summed E-state index contributed by atoms with van der Waals surface area (Å²) in [6, 6.07) is 0. The number of likely N-dealkylation sites (tertiary alicyclic amines) is 1. The highest BCUT2D eigenvalue weighted by Crippen LogP contribution is 2.14. The Morgan fingerprint density at radius 3 is 2.85 bits per heavy atom. The van der Waals surface area contributed by atoms with Crippen LogP contribution in [-0.4, -0.2) is 58.3 Å². The van der Waals surface area contributed by atoms with E-state index in [2.05, 4.69) is 16.7 Å². The van der Waals surface area contributed by atoms with Crippen LogP contribution in [0.4, 0.5) is 0 Å². The molecule has 20 heavy (non-hydrogen) atoms. The number of carbonyl (C=O) groups is 1. The second kappa shape index (κ2) is 8.59. The number of carbonyl (C=O) groups excluding carboxylic acids is 1. The minimum Gasteiger partial charge on any atom is -0.466 e. The fraction of sp³-hybridized carbons (Fsp3) is 0.923. The Labute approximate surface area is 121 Å². The molecule has 6 nitrogen and oxygen atoms in total. The van der Waals surface area contributed by atoms with E-state index in [0.29, 0.717) is 25.5 Å². The Hall–Kier alpha value is -0.660. The number of nitrogens with zero attached hydrogens (tertiary/aromatic N) is 1. The van der Waals surface area contributed by atoms with Crippen molar-refractivity contribution in [3.8, 4) is 0 Å². The lowest BCUT2D eigenvalue weighted by molar-refractivity contribution is -0.143. The van der Waals surface area contributed by atoms with Crippen LogP contribution < -0.4 is 4.72 Å². The molecule has 0 aromatic rings. The SMILES string of the molecule is CCOC(=O)CCCS(=O)(=O)NCC1CCCN(C)C1. The molecule has 1 aliphatic heterocycles. The van der Waals surface area contributed by atoms with Crippen LogP contribution >= 0.6 is 0 Å². The first-order valence-electron chi connectivity index (χ1n) is 7.24. The molecular formula is C13H26N2O4S. The van der Waals surface area contributed by atoms with Crippen LogP contribution in [0.25, 0.3) is 0 Å². The molecule has 0 aromatic heterocycles. The first-order chi connectivity index (χ1) is 9.43. The van der Waals surface area contributed by atoms with E-state index in [0.717, 1.165) is 25.9 Å². The van der Waals surface area contributed by atoms with Gasteiger partial charge >= 0.3 is 5.97 Å². The first kappa shape index (κ1) is 17.4. The van der Waals surface area contributed by atoms with Crippen LogP contribution in [0, 0.1) is 5.92 Å². The molecule has 1 N–H and O–H groups in total. The molecule has 1 saturated heterocycles. The predicted molar refractivity (Wildman–Crippen MR) is 77.9 cm³/mol. The van der Waals surface area contributed by atoms with E-state index < -0.39 is 10.0 Å². The van der Waals surface area contributed by atoms with Crippen molar-refractivity contribution in [2.75, 3.05) is 39.0 Å². The number of esters is 1. The van der Waals surface area contributed by atoms with Gasteiger partial charge in [-0.1, -0.05) is 0 Å². The Morgan fingerprint density at radius 2 is 2.20 bits per heavy atom. The van der Waals surface area contributed by atoms with Gasteiger partial charge in [-0.2, -0.15) is 0 Å². The van der Waals surface area contributed by atoms with Gasteiger partial charge in [-0.3, -0.25) is 4.79 Å². The van der Waals surface area contributed by atoms with Gasteiger partial charge in [-0.05, 0) is 45.7 Å². The van der Waals surface area contributed by atoms with Crippen LogP contribution in [0.2, 0.25) is 0 Å². The van der Waals surface area contributed by atoms with E-state index in [9.17, 15) is 13.2 Å².